The van der Waals surface area contributed by atoms with Crippen molar-refractivity contribution in [1.29, 1.82) is 0 Å². The van der Waals surface area contributed by atoms with Crippen molar-refractivity contribution in [1.82, 2.24) is 0 Å². The van der Waals surface area contributed by atoms with Crippen LogP contribution in [0.25, 0.3) is 22.3 Å². The van der Waals surface area contributed by atoms with Gasteiger partial charge in [0.2, 0.25) is 0 Å². The van der Waals surface area contributed by atoms with Crippen LogP contribution >= 0.6 is 0 Å². The number of esters is 8. The highest BCUT2D eigenvalue weighted by Gasteiger charge is 2.95. The largest absolute Gasteiger partial charge is 0.494 e. The molecule has 38 heteroatoms. The number of carbonyl (C=O) groups excluding carboxylic acids is 8. The summed E-state index contributed by atoms with van der Waals surface area (Å²) in [4.78, 5) is 95.8. The molecular formula is C86H88F20O18. The minimum atomic E-state index is -8.64. The lowest BCUT2D eigenvalue weighted by atomic mass is 9.88. The lowest BCUT2D eigenvalue weighted by molar-refractivity contribution is -0.450. The van der Waals surface area contributed by atoms with Crippen LogP contribution in [0.5, 0.6) is 23.0 Å². The van der Waals surface area contributed by atoms with E-state index in [4.69, 9.17) is 37.9 Å². The fraction of sp³-hybridized carbons (Fsp3) is 0.442. The maximum atomic E-state index is 14.1. The van der Waals surface area contributed by atoms with Gasteiger partial charge in [-0.05, 0) is 236 Å². The van der Waals surface area contributed by atoms with Crippen LogP contribution in [-0.2, 0) is 47.6 Å². The third kappa shape index (κ3) is 28.4. The molecule has 18 nitrogen and oxygen atoms in total. The standard InChI is InChI=1S/C46H44F16O9.C40H44F4O9/c1-28(2)35(63)68-25-9-5-4-8-24-67-33-20-18-32(19-21-33)37(65)71-34-22-16-30(17-23-34)29-12-14-31(15-13-29)36(64)69-26-10-6-7-11-27-70-38(66)40(49,50)42(53,54)44(57,58)46(61,62)45(59,60)43(55,56)41(51,52)39(3,47)48;1-28(2)35(45)50-25-9-5-4-8-24-49-33-20-18-32(19-21-33)37(47)53-34-22-16-30(17-23-34)29-12-14-31(15-13-29)36(46)51-26-10-6-7-11-27-52-38(48)40(43,44)39(3,41)42/h12-23H,1,4-11,24-27H2,2-3H3;12-23H,1,4-11,24-27H2,2-3H3. The SMILES string of the molecule is C=C(C)C(=O)OCCCCCCOc1ccc(C(=O)Oc2ccc(-c3ccc(C(=O)OCCCCCCOC(=O)C(F)(F)C(C)(F)F)cc3)cc2)cc1.C=C(C)C(=O)OCCCCCCOc1ccc(C(=O)Oc2ccc(-c3ccc(C(=O)OCCCCCCOC(=O)C(F)(F)C(F)(F)C(F)(F)C(F)(F)C(F)(F)C(F)(F)C(F)(F)C(C)(F)F)cc3)cc2)cc1. The zero-order valence-electron chi connectivity index (χ0n) is 67.1. The second-order valence-corrected chi connectivity index (χ2v) is 28.1. The zero-order chi connectivity index (χ0) is 92.7. The van der Waals surface area contributed by atoms with E-state index in [0.29, 0.717) is 96.3 Å². The molecule has 0 atom stereocenters. The number of hydrogen-bond acceptors (Lipinski definition) is 18. The molecular weight excluding hydrogens is 1700 g/mol. The summed E-state index contributed by atoms with van der Waals surface area (Å²) >= 11 is 0. The minimum Gasteiger partial charge on any atom is -0.494 e. The van der Waals surface area contributed by atoms with E-state index in [-0.39, 0.29) is 68.7 Å². The van der Waals surface area contributed by atoms with Crippen LogP contribution in [0, 0.1) is 0 Å². The van der Waals surface area contributed by atoms with Crippen molar-refractivity contribution in [2.24, 2.45) is 0 Å². The molecule has 0 saturated heterocycles. The average Bonchev–Trinajstić information content (AvgIpc) is 0.692. The van der Waals surface area contributed by atoms with E-state index in [9.17, 15) is 126 Å². The van der Waals surface area contributed by atoms with Crippen molar-refractivity contribution in [3.63, 3.8) is 0 Å². The van der Waals surface area contributed by atoms with E-state index >= 15 is 0 Å². The molecule has 0 aliphatic carbocycles. The van der Waals surface area contributed by atoms with E-state index in [1.54, 1.807) is 147 Å². The molecule has 0 spiro atoms. The highest BCUT2D eigenvalue weighted by molar-refractivity contribution is 5.93. The third-order valence-corrected chi connectivity index (χ3v) is 18.0. The van der Waals surface area contributed by atoms with Crippen molar-refractivity contribution in [3.8, 4) is 45.3 Å². The predicted octanol–water partition coefficient (Wildman–Crippen LogP) is 22.2. The van der Waals surface area contributed by atoms with Crippen LogP contribution in [0.3, 0.4) is 0 Å². The number of unbranched alkanes of at least 4 members (excludes halogenated alkanes) is 12. The predicted molar refractivity (Wildman–Crippen MR) is 406 cm³/mol. The maximum Gasteiger partial charge on any atom is 0.410 e. The minimum absolute atomic E-state index is 0.0277. The topological polar surface area (TPSA) is 229 Å². The van der Waals surface area contributed by atoms with Crippen LogP contribution in [0.15, 0.2) is 170 Å². The highest BCUT2D eigenvalue weighted by Crippen LogP contribution is 2.64. The Bertz CT molecular complexity index is 4500. The summed E-state index contributed by atoms with van der Waals surface area (Å²) in [5.41, 5.74) is 4.76. The Kier molecular flexibility index (Phi) is 38.3. The second-order valence-electron chi connectivity index (χ2n) is 28.1. The number of alkyl halides is 20. The first-order valence-corrected chi connectivity index (χ1v) is 38.3. The summed E-state index contributed by atoms with van der Waals surface area (Å²) < 4.78 is 322. The highest BCUT2D eigenvalue weighted by atomic mass is 19.4. The fourth-order valence-electron chi connectivity index (χ4n) is 10.5. The van der Waals surface area contributed by atoms with Gasteiger partial charge in [-0.3, -0.25) is 0 Å². The van der Waals surface area contributed by atoms with Crippen molar-refractivity contribution >= 4 is 47.8 Å². The molecule has 0 bridgehead atoms. The van der Waals surface area contributed by atoms with Crippen molar-refractivity contribution in [2.75, 3.05) is 52.9 Å². The van der Waals surface area contributed by atoms with Gasteiger partial charge in [-0.25, -0.2) is 38.4 Å². The summed E-state index contributed by atoms with van der Waals surface area (Å²) in [5, 5.41) is 0. The van der Waals surface area contributed by atoms with Gasteiger partial charge in [0.15, 0.2) is 0 Å². The molecule has 0 aromatic heterocycles. The molecule has 680 valence electrons. The van der Waals surface area contributed by atoms with Gasteiger partial charge in [0.1, 0.15) is 23.0 Å². The molecule has 0 heterocycles. The number of hydrogen-bond donors (Lipinski definition) is 0. The number of halogens is 20. The third-order valence-electron chi connectivity index (χ3n) is 18.0. The molecule has 0 radical (unpaired) electrons. The summed E-state index contributed by atoms with van der Waals surface area (Å²) in [6.07, 6.45) is 7.68. The Morgan fingerprint density at radius 3 is 0.758 bits per heavy atom. The van der Waals surface area contributed by atoms with E-state index in [2.05, 4.69) is 22.6 Å². The first-order valence-electron chi connectivity index (χ1n) is 38.3. The molecule has 0 amide bonds. The Morgan fingerprint density at radius 2 is 0.476 bits per heavy atom. The monoisotopic (exact) mass is 1790 g/mol. The quantitative estimate of drug-likeness (QED) is 0.00863. The van der Waals surface area contributed by atoms with Gasteiger partial charge in [-0.1, -0.05) is 61.7 Å². The van der Waals surface area contributed by atoms with Gasteiger partial charge >= 0.3 is 107 Å². The first kappa shape index (κ1) is 103. The molecule has 0 aliphatic rings. The molecule has 0 fully saturated rings. The maximum absolute atomic E-state index is 14.1. The van der Waals surface area contributed by atoms with Crippen LogP contribution in [0.2, 0.25) is 0 Å². The summed E-state index contributed by atoms with van der Waals surface area (Å²) in [6, 6.07) is 39.1. The fourth-order valence-corrected chi connectivity index (χ4v) is 10.5. The van der Waals surface area contributed by atoms with Gasteiger partial charge in [0, 0.05) is 25.0 Å². The normalized spacial score (nSPS) is 12.3. The second kappa shape index (κ2) is 45.9. The van der Waals surface area contributed by atoms with Crippen LogP contribution in [0.1, 0.15) is 172 Å². The molecule has 0 unspecified atom stereocenters. The van der Waals surface area contributed by atoms with E-state index in [1.165, 1.54) is 12.1 Å². The zero-order valence-corrected chi connectivity index (χ0v) is 67.1. The van der Waals surface area contributed by atoms with Crippen molar-refractivity contribution in [3.05, 3.63) is 192 Å². The summed E-state index contributed by atoms with van der Waals surface area (Å²) in [7, 11) is 0. The van der Waals surface area contributed by atoms with Crippen LogP contribution in [0.4, 0.5) is 87.8 Å². The number of carbonyl (C=O) groups is 8. The van der Waals surface area contributed by atoms with E-state index in [0.717, 1.165) is 62.5 Å². The lowest BCUT2D eigenvalue weighted by Gasteiger charge is -2.43. The Labute approximate surface area is 698 Å². The summed E-state index contributed by atoms with van der Waals surface area (Å²) in [5.74, 6) is -80.2. The van der Waals surface area contributed by atoms with Gasteiger partial charge in [-0.15, -0.1) is 0 Å². The molecule has 6 rings (SSSR count). The van der Waals surface area contributed by atoms with E-state index < -0.39 is 128 Å². The number of benzene rings is 6. The van der Waals surface area contributed by atoms with Crippen LogP contribution in [-0.4, -0.2) is 160 Å². The Balaban J connectivity index is 0.000000459. The molecule has 0 N–H and O–H groups in total. The van der Waals surface area contributed by atoms with Gasteiger partial charge < -0.3 is 47.4 Å². The first-order chi connectivity index (χ1) is 57.9. The molecule has 6 aromatic carbocycles. The number of rotatable bonds is 50. The Morgan fingerprint density at radius 1 is 0.250 bits per heavy atom. The van der Waals surface area contributed by atoms with Crippen LogP contribution < -0.4 is 18.9 Å². The van der Waals surface area contributed by atoms with Gasteiger partial charge in [-0.2, -0.15) is 87.8 Å². The Hall–Kier alpha value is -11.2. The van der Waals surface area contributed by atoms with Gasteiger partial charge in [0.25, 0.3) is 0 Å². The summed E-state index contributed by atoms with van der Waals surface area (Å²) in [6.45, 7) is 8.70. The average molecular weight is 1790 g/mol. The molecule has 6 aromatic rings. The number of ether oxygens (including phenoxy) is 10. The lowest BCUT2D eigenvalue weighted by Crippen LogP contribution is -2.75. The smallest absolute Gasteiger partial charge is 0.410 e. The molecule has 124 heavy (non-hydrogen) atoms. The van der Waals surface area contributed by atoms with Crippen molar-refractivity contribution in [2.45, 2.75) is 190 Å². The van der Waals surface area contributed by atoms with Crippen molar-refractivity contribution < 1.29 is 174 Å². The molecule has 0 aliphatic heterocycles. The van der Waals surface area contributed by atoms with E-state index in [1.807, 2.05) is 0 Å². The van der Waals surface area contributed by atoms with Gasteiger partial charge in [0.05, 0.1) is 75.1 Å². The molecule has 0 saturated carbocycles.